The van der Waals surface area contributed by atoms with E-state index in [1.54, 1.807) is 16.1 Å². The first-order chi connectivity index (χ1) is 16.4. The van der Waals surface area contributed by atoms with Crippen molar-refractivity contribution in [1.29, 1.82) is 0 Å². The molecule has 0 spiro atoms. The van der Waals surface area contributed by atoms with Gasteiger partial charge in [-0.05, 0) is 81.1 Å². The molecule has 0 saturated carbocycles. The quantitative estimate of drug-likeness (QED) is 0.261. The van der Waals surface area contributed by atoms with Gasteiger partial charge in [0.1, 0.15) is 12.4 Å². The molecule has 0 unspecified atom stereocenters. The molecule has 2 aromatic heterocycles. The summed E-state index contributed by atoms with van der Waals surface area (Å²) >= 11 is 1.77. The van der Waals surface area contributed by atoms with Crippen LogP contribution in [0.15, 0.2) is 54.6 Å². The van der Waals surface area contributed by atoms with Crippen LogP contribution in [0.25, 0.3) is 21.8 Å². The first kappa shape index (κ1) is 24.1. The molecule has 0 saturated heterocycles. The lowest BCUT2D eigenvalue weighted by atomic mass is 10.1. The van der Waals surface area contributed by atoms with Gasteiger partial charge in [0.05, 0.1) is 12.1 Å². The van der Waals surface area contributed by atoms with Gasteiger partial charge in [0.25, 0.3) is 0 Å². The predicted octanol–water partition coefficient (Wildman–Crippen LogP) is 6.50. The summed E-state index contributed by atoms with van der Waals surface area (Å²) in [7, 11) is 0. The summed E-state index contributed by atoms with van der Waals surface area (Å²) in [5, 5.41) is 12.7. The number of hydrogen-bond acceptors (Lipinski definition) is 6. The molecule has 0 N–H and O–H groups in total. The minimum Gasteiger partial charge on any atom is -0.488 e. The topological polar surface area (TPSA) is 62.1 Å². The second-order valence-corrected chi connectivity index (χ2v) is 9.86. The third kappa shape index (κ3) is 5.90. The van der Waals surface area contributed by atoms with Crippen molar-refractivity contribution in [3.8, 4) is 27.6 Å². The zero-order valence-electron chi connectivity index (χ0n) is 20.5. The monoisotopic (exact) mass is 476 g/mol. The van der Waals surface area contributed by atoms with Crippen molar-refractivity contribution in [2.45, 2.75) is 59.8 Å². The molecule has 2 aromatic carbocycles. The Morgan fingerprint density at radius 3 is 2.32 bits per heavy atom. The van der Waals surface area contributed by atoms with Crippen LogP contribution in [0.4, 0.5) is 0 Å². The van der Waals surface area contributed by atoms with Gasteiger partial charge in [0.15, 0.2) is 0 Å². The first-order valence-electron chi connectivity index (χ1n) is 11.8. The van der Waals surface area contributed by atoms with Gasteiger partial charge in [-0.2, -0.15) is 4.80 Å². The Hall–Kier alpha value is -3.03. The molecule has 0 aliphatic heterocycles. The van der Waals surface area contributed by atoms with E-state index in [1.165, 1.54) is 26.4 Å². The van der Waals surface area contributed by atoms with Gasteiger partial charge in [0.2, 0.25) is 5.82 Å². The summed E-state index contributed by atoms with van der Waals surface area (Å²) in [5.74, 6) is 1.53. The van der Waals surface area contributed by atoms with Crippen molar-refractivity contribution in [3.05, 3.63) is 70.6 Å². The van der Waals surface area contributed by atoms with E-state index in [2.05, 4.69) is 71.7 Å². The molecule has 0 aliphatic carbocycles. The summed E-state index contributed by atoms with van der Waals surface area (Å²) in [6.07, 6.45) is 1.13. The van der Waals surface area contributed by atoms with Crippen molar-refractivity contribution >= 4 is 11.3 Å². The number of tetrazole rings is 1. The highest BCUT2D eigenvalue weighted by Crippen LogP contribution is 2.33. The number of aromatic nitrogens is 4. The molecule has 4 aromatic rings. The Balaban J connectivity index is 1.38. The van der Waals surface area contributed by atoms with Gasteiger partial charge in [-0.25, -0.2) is 0 Å². The van der Waals surface area contributed by atoms with Crippen LogP contribution in [0.2, 0.25) is 0 Å². The first-order valence-corrected chi connectivity index (χ1v) is 12.6. The third-order valence-electron chi connectivity index (χ3n) is 5.61. The van der Waals surface area contributed by atoms with Gasteiger partial charge in [-0.15, -0.1) is 21.5 Å². The van der Waals surface area contributed by atoms with Gasteiger partial charge in [-0.3, -0.25) is 0 Å². The molecule has 34 heavy (non-hydrogen) atoms. The molecule has 4 rings (SSSR count). The maximum absolute atomic E-state index is 6.08. The number of ether oxygens (including phenoxy) is 2. The second kappa shape index (κ2) is 10.9. The lowest BCUT2D eigenvalue weighted by molar-refractivity contribution is 0.0768. The van der Waals surface area contributed by atoms with Crippen LogP contribution in [0.3, 0.4) is 0 Å². The standard InChI is InChI=1S/C27H32N4O2S/c1-6-32-20(5)16-21-7-13-24(14-8-21)33-17-26-19(4)15-25(34-26)22-9-11-23(12-10-22)27-28-30-31(29-27)18(2)3/h7-15,18,20H,6,16-17H2,1-5H3/t20-/m0/s1. The third-order valence-corrected chi connectivity index (χ3v) is 6.87. The largest absolute Gasteiger partial charge is 0.488 e. The zero-order valence-corrected chi connectivity index (χ0v) is 21.3. The second-order valence-electron chi connectivity index (χ2n) is 8.72. The van der Waals surface area contributed by atoms with Crippen LogP contribution in [0.1, 0.15) is 49.7 Å². The van der Waals surface area contributed by atoms with E-state index in [1.807, 2.05) is 32.9 Å². The molecular formula is C27H32N4O2S. The lowest BCUT2D eigenvalue weighted by Crippen LogP contribution is -2.11. The molecule has 0 aliphatic rings. The summed E-state index contributed by atoms with van der Waals surface area (Å²) in [6, 6.07) is 19.1. The Morgan fingerprint density at radius 1 is 0.971 bits per heavy atom. The highest BCUT2D eigenvalue weighted by atomic mass is 32.1. The Kier molecular flexibility index (Phi) is 7.75. The molecule has 7 heteroatoms. The van der Waals surface area contributed by atoms with Crippen molar-refractivity contribution < 1.29 is 9.47 Å². The minimum absolute atomic E-state index is 0.192. The average molecular weight is 477 g/mol. The molecule has 2 heterocycles. The van der Waals surface area contributed by atoms with Gasteiger partial charge in [-0.1, -0.05) is 36.4 Å². The van der Waals surface area contributed by atoms with Crippen molar-refractivity contribution in [2.24, 2.45) is 0 Å². The smallest absolute Gasteiger partial charge is 0.204 e. The van der Waals surface area contributed by atoms with Gasteiger partial charge >= 0.3 is 0 Å². The van der Waals surface area contributed by atoms with E-state index in [-0.39, 0.29) is 12.1 Å². The van der Waals surface area contributed by atoms with Crippen LogP contribution in [0.5, 0.6) is 5.75 Å². The van der Waals surface area contributed by atoms with E-state index >= 15 is 0 Å². The number of thiophene rings is 1. The van der Waals surface area contributed by atoms with Crippen LogP contribution >= 0.6 is 11.3 Å². The maximum atomic E-state index is 6.08. The highest BCUT2D eigenvalue weighted by Gasteiger charge is 2.11. The maximum Gasteiger partial charge on any atom is 0.204 e. The van der Waals surface area contributed by atoms with Crippen LogP contribution in [-0.4, -0.2) is 32.9 Å². The van der Waals surface area contributed by atoms with Crippen molar-refractivity contribution in [1.82, 2.24) is 20.2 Å². The molecule has 0 fully saturated rings. The normalized spacial score (nSPS) is 12.3. The molecule has 0 amide bonds. The van der Waals surface area contributed by atoms with Crippen molar-refractivity contribution in [2.75, 3.05) is 6.61 Å². The van der Waals surface area contributed by atoms with Gasteiger partial charge in [0, 0.05) is 21.9 Å². The lowest BCUT2D eigenvalue weighted by Gasteiger charge is -2.12. The van der Waals surface area contributed by atoms with Crippen LogP contribution in [-0.2, 0) is 17.8 Å². The molecule has 6 nitrogen and oxygen atoms in total. The summed E-state index contributed by atoms with van der Waals surface area (Å²) in [4.78, 5) is 4.09. The fourth-order valence-corrected chi connectivity index (χ4v) is 4.79. The molecule has 178 valence electrons. The van der Waals surface area contributed by atoms with E-state index in [4.69, 9.17) is 9.47 Å². The Bertz CT molecular complexity index is 1200. The molecule has 0 radical (unpaired) electrons. The fourth-order valence-electron chi connectivity index (χ4n) is 3.69. The number of rotatable bonds is 10. The number of nitrogens with zero attached hydrogens (tertiary/aromatic N) is 4. The van der Waals surface area contributed by atoms with E-state index < -0.39 is 0 Å². The van der Waals surface area contributed by atoms with Gasteiger partial charge < -0.3 is 9.47 Å². The zero-order chi connectivity index (χ0) is 24.1. The number of benzene rings is 2. The summed E-state index contributed by atoms with van der Waals surface area (Å²) < 4.78 is 11.7. The number of aryl methyl sites for hydroxylation is 1. The van der Waals surface area contributed by atoms with Crippen molar-refractivity contribution in [3.63, 3.8) is 0 Å². The fraction of sp³-hybridized carbons (Fsp3) is 0.370. The minimum atomic E-state index is 0.192. The Morgan fingerprint density at radius 2 is 1.68 bits per heavy atom. The Labute approximate surface area is 205 Å². The summed E-state index contributed by atoms with van der Waals surface area (Å²) in [6.45, 7) is 11.6. The number of hydrogen-bond donors (Lipinski definition) is 0. The summed E-state index contributed by atoms with van der Waals surface area (Å²) in [5.41, 5.74) is 4.64. The van der Waals surface area contributed by atoms with E-state index in [0.717, 1.165) is 24.3 Å². The highest BCUT2D eigenvalue weighted by molar-refractivity contribution is 7.15. The van der Waals surface area contributed by atoms with E-state index in [0.29, 0.717) is 12.4 Å². The predicted molar refractivity (Wildman–Crippen MR) is 137 cm³/mol. The van der Waals surface area contributed by atoms with Crippen LogP contribution < -0.4 is 4.74 Å². The molecule has 0 bridgehead atoms. The van der Waals surface area contributed by atoms with E-state index in [9.17, 15) is 0 Å². The molecule has 1 atom stereocenters. The average Bonchev–Trinajstić information content (AvgIpc) is 3.46. The SMILES string of the molecule is CCO[C@@H](C)Cc1ccc(OCc2sc(-c3ccc(-c4nnn(C(C)C)n4)cc3)cc2C)cc1. The van der Waals surface area contributed by atoms with Crippen LogP contribution in [0, 0.1) is 6.92 Å². The molecular weight excluding hydrogens is 444 g/mol.